The molecule has 1 saturated heterocycles. The van der Waals surface area contributed by atoms with Gasteiger partial charge in [0.05, 0.1) is 6.61 Å². The number of hydrogen-bond acceptors (Lipinski definition) is 8. The minimum atomic E-state index is -1.54. The van der Waals surface area contributed by atoms with Gasteiger partial charge in [-0.1, -0.05) is 68.4 Å². The summed E-state index contributed by atoms with van der Waals surface area (Å²) in [5.41, 5.74) is 4.88. The normalized spacial score (nSPS) is 22.8. The number of aliphatic hydroxyl groups excluding tert-OH is 4. The number of H-pyrrole nitrogens is 1. The minimum absolute atomic E-state index is 0.0357. The maximum absolute atomic E-state index is 12.2. The van der Waals surface area contributed by atoms with Crippen LogP contribution in [-0.4, -0.2) is 73.8 Å². The molecule has 40 heavy (non-hydrogen) atoms. The van der Waals surface area contributed by atoms with Crippen LogP contribution in [0.5, 0.6) is 5.88 Å². The Morgan fingerprint density at radius 1 is 1.00 bits per heavy atom. The lowest BCUT2D eigenvalue weighted by molar-refractivity contribution is -0.278. The number of aromatic nitrogens is 2. The zero-order valence-corrected chi connectivity index (χ0v) is 22.9. The molecule has 216 valence electrons. The summed E-state index contributed by atoms with van der Waals surface area (Å²) in [5.74, 6) is 0.370. The van der Waals surface area contributed by atoms with Gasteiger partial charge in [0.25, 0.3) is 0 Å². The smallest absolute Gasteiger partial charge is 0.238 e. The van der Waals surface area contributed by atoms with E-state index < -0.39 is 37.3 Å². The van der Waals surface area contributed by atoms with Crippen molar-refractivity contribution in [2.75, 3.05) is 6.61 Å². The predicted octanol–water partition coefficient (Wildman–Crippen LogP) is 1.94. The van der Waals surface area contributed by atoms with Gasteiger partial charge in [0.15, 0.2) is 0 Å². The van der Waals surface area contributed by atoms with E-state index in [1.807, 2.05) is 68.4 Å². The minimum Gasteiger partial charge on any atom is -0.443 e. The molecule has 0 spiro atoms. The van der Waals surface area contributed by atoms with Crippen molar-refractivity contribution >= 4 is 5.91 Å². The molecular formula is C30H39N3O7. The van der Waals surface area contributed by atoms with Crippen molar-refractivity contribution in [3.05, 3.63) is 82.5 Å². The lowest BCUT2D eigenvalue weighted by atomic mass is 9.97. The molecule has 4 rings (SSSR count). The van der Waals surface area contributed by atoms with Gasteiger partial charge >= 0.3 is 0 Å². The monoisotopic (exact) mass is 553 g/mol. The SMILES string of the molecule is CC(C)c1[nH]nc(OC2O[C@H](CO)[C@@H](O)[C@H](O)[C@H]2O)c1Cc1ccc(CCCC(=O)NCc2ccccc2)cc1. The number of amides is 1. The largest absolute Gasteiger partial charge is 0.443 e. The van der Waals surface area contributed by atoms with Crippen LogP contribution in [0.25, 0.3) is 0 Å². The van der Waals surface area contributed by atoms with E-state index in [1.165, 1.54) is 0 Å². The second-order valence-electron chi connectivity index (χ2n) is 10.5. The molecule has 1 amide bonds. The molecule has 0 radical (unpaired) electrons. The summed E-state index contributed by atoms with van der Waals surface area (Å²) in [6.07, 6.45) is -4.42. The molecule has 1 unspecified atom stereocenters. The number of nitrogens with zero attached hydrogens (tertiary/aromatic N) is 1. The molecule has 1 aliphatic rings. The molecule has 0 saturated carbocycles. The summed E-state index contributed by atoms with van der Waals surface area (Å²) >= 11 is 0. The molecule has 3 aromatic rings. The van der Waals surface area contributed by atoms with Crippen molar-refractivity contribution < 1.29 is 34.7 Å². The zero-order valence-electron chi connectivity index (χ0n) is 22.9. The van der Waals surface area contributed by atoms with E-state index in [-0.39, 0.29) is 17.7 Å². The number of hydrogen-bond donors (Lipinski definition) is 6. The lowest BCUT2D eigenvalue weighted by Gasteiger charge is -2.39. The van der Waals surface area contributed by atoms with Crippen LogP contribution in [0.4, 0.5) is 0 Å². The number of aryl methyl sites for hydroxylation is 1. The molecule has 1 aliphatic heterocycles. The molecule has 2 aromatic carbocycles. The number of carbonyl (C=O) groups excluding carboxylic acids is 1. The summed E-state index contributed by atoms with van der Waals surface area (Å²) < 4.78 is 11.4. The highest BCUT2D eigenvalue weighted by atomic mass is 16.7. The predicted molar refractivity (Wildman–Crippen MR) is 148 cm³/mol. The summed E-state index contributed by atoms with van der Waals surface area (Å²) in [6, 6.07) is 18.0. The van der Waals surface area contributed by atoms with Crippen LogP contribution in [-0.2, 0) is 28.9 Å². The van der Waals surface area contributed by atoms with Gasteiger partial charge in [-0.25, -0.2) is 0 Å². The van der Waals surface area contributed by atoms with E-state index in [0.717, 1.165) is 40.8 Å². The summed E-state index contributed by atoms with van der Waals surface area (Å²) in [6.45, 7) is 4.03. The number of aliphatic hydroxyl groups is 4. The molecule has 2 heterocycles. The summed E-state index contributed by atoms with van der Waals surface area (Å²) in [7, 11) is 0. The van der Waals surface area contributed by atoms with Crippen LogP contribution in [0.2, 0.25) is 0 Å². The fourth-order valence-corrected chi connectivity index (χ4v) is 4.75. The average molecular weight is 554 g/mol. The van der Waals surface area contributed by atoms with Crippen LogP contribution in [0.3, 0.4) is 0 Å². The number of aromatic amines is 1. The van der Waals surface area contributed by atoms with Gasteiger partial charge < -0.3 is 35.2 Å². The van der Waals surface area contributed by atoms with Gasteiger partial charge in [-0.2, -0.15) is 0 Å². The quantitative estimate of drug-likeness (QED) is 0.199. The first-order valence-corrected chi connectivity index (χ1v) is 13.7. The van der Waals surface area contributed by atoms with Crippen molar-refractivity contribution in [3.63, 3.8) is 0 Å². The van der Waals surface area contributed by atoms with E-state index in [9.17, 15) is 25.2 Å². The van der Waals surface area contributed by atoms with Crippen LogP contribution < -0.4 is 10.1 Å². The standard InChI is InChI=1S/C30H39N3O7/c1-18(2)25-22(29(33-32-25)40-30-28(38)27(37)26(36)23(17-34)39-30)15-20-13-11-19(12-14-20)9-6-10-24(35)31-16-21-7-4-3-5-8-21/h3-5,7-8,11-14,18,23,26-28,30,34,36-38H,6,9-10,15-17H2,1-2H3,(H,31,35)(H,32,33)/t23-,26-,27+,28-,30?/m1/s1. The maximum atomic E-state index is 12.2. The molecule has 1 fully saturated rings. The van der Waals surface area contributed by atoms with Crippen molar-refractivity contribution in [3.8, 4) is 5.88 Å². The number of benzene rings is 2. The second kappa shape index (κ2) is 13.9. The third-order valence-corrected chi connectivity index (χ3v) is 7.12. The van der Waals surface area contributed by atoms with Crippen molar-refractivity contribution in [1.82, 2.24) is 15.5 Å². The third kappa shape index (κ3) is 7.47. The fraction of sp³-hybridized carbons (Fsp3) is 0.467. The highest BCUT2D eigenvalue weighted by molar-refractivity contribution is 5.75. The van der Waals surface area contributed by atoms with Crippen molar-refractivity contribution in [1.29, 1.82) is 0 Å². The summed E-state index contributed by atoms with van der Waals surface area (Å²) in [5, 5.41) is 50.3. The molecule has 10 nitrogen and oxygen atoms in total. The Balaban J connectivity index is 1.34. The Morgan fingerprint density at radius 2 is 1.70 bits per heavy atom. The Kier molecular flexibility index (Phi) is 10.3. The van der Waals surface area contributed by atoms with E-state index >= 15 is 0 Å². The maximum Gasteiger partial charge on any atom is 0.238 e. The van der Waals surface area contributed by atoms with Crippen molar-refractivity contribution in [2.24, 2.45) is 0 Å². The first kappa shape index (κ1) is 29.7. The Bertz CT molecular complexity index is 1210. The first-order chi connectivity index (χ1) is 19.3. The van der Waals surface area contributed by atoms with Crippen LogP contribution in [0.1, 0.15) is 60.6 Å². The molecule has 10 heteroatoms. The lowest BCUT2D eigenvalue weighted by Crippen LogP contribution is -2.60. The van der Waals surface area contributed by atoms with Gasteiger partial charge in [0.2, 0.25) is 18.1 Å². The van der Waals surface area contributed by atoms with E-state index in [1.54, 1.807) is 0 Å². The molecule has 5 atom stereocenters. The Morgan fingerprint density at radius 3 is 2.38 bits per heavy atom. The number of nitrogens with one attached hydrogen (secondary N) is 2. The Hall–Kier alpha value is -3.28. The third-order valence-electron chi connectivity index (χ3n) is 7.12. The summed E-state index contributed by atoms with van der Waals surface area (Å²) in [4.78, 5) is 12.2. The van der Waals surface area contributed by atoms with Crippen LogP contribution >= 0.6 is 0 Å². The van der Waals surface area contributed by atoms with E-state index in [4.69, 9.17) is 9.47 Å². The first-order valence-electron chi connectivity index (χ1n) is 13.7. The van der Waals surface area contributed by atoms with Gasteiger partial charge in [-0.3, -0.25) is 9.89 Å². The fourth-order valence-electron chi connectivity index (χ4n) is 4.75. The van der Waals surface area contributed by atoms with Gasteiger partial charge in [-0.05, 0) is 35.4 Å². The van der Waals surface area contributed by atoms with Crippen LogP contribution in [0, 0.1) is 0 Å². The number of carbonyl (C=O) groups is 1. The highest BCUT2D eigenvalue weighted by Gasteiger charge is 2.45. The average Bonchev–Trinajstić information content (AvgIpc) is 3.35. The highest BCUT2D eigenvalue weighted by Crippen LogP contribution is 2.31. The van der Waals surface area contributed by atoms with Crippen LogP contribution in [0.15, 0.2) is 54.6 Å². The second-order valence-corrected chi connectivity index (χ2v) is 10.5. The van der Waals surface area contributed by atoms with Crippen molar-refractivity contribution in [2.45, 2.75) is 82.7 Å². The molecule has 6 N–H and O–H groups in total. The number of rotatable bonds is 12. The Labute approximate surface area is 234 Å². The number of ether oxygens (including phenoxy) is 2. The van der Waals surface area contributed by atoms with Gasteiger partial charge in [-0.15, -0.1) is 5.10 Å². The molecule has 1 aromatic heterocycles. The molecule has 0 aliphatic carbocycles. The zero-order chi connectivity index (χ0) is 28.6. The van der Waals surface area contributed by atoms with E-state index in [2.05, 4.69) is 15.5 Å². The van der Waals surface area contributed by atoms with E-state index in [0.29, 0.717) is 19.4 Å². The van der Waals surface area contributed by atoms with Gasteiger partial charge in [0, 0.05) is 30.6 Å². The topological polar surface area (TPSA) is 157 Å². The molecule has 0 bridgehead atoms. The molecular weight excluding hydrogens is 514 g/mol. The van der Waals surface area contributed by atoms with Gasteiger partial charge in [0.1, 0.15) is 24.4 Å².